The molecule has 0 aromatic heterocycles. The van der Waals surface area contributed by atoms with Crippen LogP contribution in [0.4, 0.5) is 0 Å². The summed E-state index contributed by atoms with van der Waals surface area (Å²) in [5.41, 5.74) is 6.86. The minimum absolute atomic E-state index is 0.264. The molecule has 0 fully saturated rings. The van der Waals surface area contributed by atoms with Crippen LogP contribution in [-0.4, -0.2) is 18.5 Å². The molecule has 0 unspecified atom stereocenters. The molecule has 0 saturated carbocycles. The molecule has 24 heavy (non-hydrogen) atoms. The highest BCUT2D eigenvalue weighted by Gasteiger charge is 2.22. The van der Waals surface area contributed by atoms with Crippen LogP contribution in [0.1, 0.15) is 37.0 Å². The van der Waals surface area contributed by atoms with Gasteiger partial charge in [-0.3, -0.25) is 4.79 Å². The van der Waals surface area contributed by atoms with Crippen molar-refractivity contribution in [2.45, 2.75) is 25.9 Å². The number of hydrogen-bond donors (Lipinski definition) is 1. The average molecular weight is 327 g/mol. The molecular formula is C19H21NO4. The summed E-state index contributed by atoms with van der Waals surface area (Å²) >= 11 is 0. The highest BCUT2D eigenvalue weighted by molar-refractivity contribution is 5.83. The molecule has 0 radical (unpaired) electrons. The molecule has 0 aliphatic carbocycles. The van der Waals surface area contributed by atoms with Crippen LogP contribution in [0.3, 0.4) is 0 Å². The van der Waals surface area contributed by atoms with Gasteiger partial charge in [0, 0.05) is 5.56 Å². The first-order valence-corrected chi connectivity index (χ1v) is 7.74. The van der Waals surface area contributed by atoms with Crippen molar-refractivity contribution in [1.29, 1.82) is 0 Å². The van der Waals surface area contributed by atoms with Gasteiger partial charge in [-0.25, -0.2) is 4.79 Å². The summed E-state index contributed by atoms with van der Waals surface area (Å²) in [6.07, 6.45) is -1.12. The van der Waals surface area contributed by atoms with Crippen LogP contribution in [-0.2, 0) is 14.3 Å². The van der Waals surface area contributed by atoms with Crippen LogP contribution in [0.25, 0.3) is 0 Å². The lowest BCUT2D eigenvalue weighted by Crippen LogP contribution is -2.28. The zero-order valence-electron chi connectivity index (χ0n) is 13.8. The second-order valence-electron chi connectivity index (χ2n) is 5.66. The molecule has 2 aromatic rings. The predicted molar refractivity (Wildman–Crippen MR) is 90.5 cm³/mol. The van der Waals surface area contributed by atoms with Gasteiger partial charge < -0.3 is 15.2 Å². The van der Waals surface area contributed by atoms with Gasteiger partial charge in [0.05, 0.1) is 0 Å². The van der Waals surface area contributed by atoms with Crippen molar-refractivity contribution in [3.63, 3.8) is 0 Å². The average Bonchev–Trinajstić information content (AvgIpc) is 2.58. The normalized spacial score (nSPS) is 11.8. The van der Waals surface area contributed by atoms with Gasteiger partial charge in [0.1, 0.15) is 5.75 Å². The minimum atomic E-state index is -1.12. The third-order valence-electron chi connectivity index (χ3n) is 3.50. The van der Waals surface area contributed by atoms with Crippen molar-refractivity contribution in [1.82, 2.24) is 0 Å². The van der Waals surface area contributed by atoms with E-state index in [4.69, 9.17) is 15.2 Å². The summed E-state index contributed by atoms with van der Waals surface area (Å²) in [7, 11) is 0. The molecule has 0 heterocycles. The molecule has 2 rings (SSSR count). The fourth-order valence-electron chi connectivity index (χ4n) is 2.31. The second kappa shape index (κ2) is 8.15. The Kier molecular flexibility index (Phi) is 5.95. The van der Waals surface area contributed by atoms with Crippen molar-refractivity contribution < 1.29 is 19.1 Å². The first-order chi connectivity index (χ1) is 11.5. The predicted octanol–water partition coefficient (Wildman–Crippen LogP) is 2.96. The van der Waals surface area contributed by atoms with E-state index in [0.29, 0.717) is 11.3 Å². The maximum atomic E-state index is 12.0. The lowest BCUT2D eigenvalue weighted by molar-refractivity contribution is -0.157. The van der Waals surface area contributed by atoms with E-state index in [-0.39, 0.29) is 12.5 Å². The van der Waals surface area contributed by atoms with E-state index in [1.807, 2.05) is 32.0 Å². The van der Waals surface area contributed by atoms with Gasteiger partial charge in [0.25, 0.3) is 5.91 Å². The Balaban J connectivity index is 2.01. The van der Waals surface area contributed by atoms with Crippen molar-refractivity contribution >= 4 is 11.9 Å². The molecule has 0 spiro atoms. The number of hydrogen-bond acceptors (Lipinski definition) is 4. The van der Waals surface area contributed by atoms with Crippen LogP contribution >= 0.6 is 0 Å². The molecule has 5 nitrogen and oxygen atoms in total. The Bertz CT molecular complexity index is 698. The van der Waals surface area contributed by atoms with Gasteiger partial charge >= 0.3 is 5.97 Å². The Morgan fingerprint density at radius 3 is 2.25 bits per heavy atom. The fourth-order valence-corrected chi connectivity index (χ4v) is 2.31. The topological polar surface area (TPSA) is 78.6 Å². The summed E-state index contributed by atoms with van der Waals surface area (Å²) < 4.78 is 10.7. The quantitative estimate of drug-likeness (QED) is 0.793. The van der Waals surface area contributed by atoms with E-state index in [2.05, 4.69) is 0 Å². The number of carbonyl (C=O) groups excluding carboxylic acids is 2. The Morgan fingerprint density at radius 2 is 1.62 bits per heavy atom. The molecule has 1 atom stereocenters. The Labute approximate surface area is 141 Å². The minimum Gasteiger partial charge on any atom is -0.482 e. The molecule has 126 valence electrons. The number of carbonyl (C=O) groups is 2. The number of ether oxygens (including phenoxy) is 2. The van der Waals surface area contributed by atoms with Crippen molar-refractivity contribution in [2.24, 2.45) is 5.73 Å². The number of nitrogens with two attached hydrogens (primary N) is 1. The lowest BCUT2D eigenvalue weighted by Gasteiger charge is -2.16. The van der Waals surface area contributed by atoms with Crippen LogP contribution in [0, 0.1) is 0 Å². The smallest absolute Gasteiger partial charge is 0.345 e. The lowest BCUT2D eigenvalue weighted by atomic mass is 10.0. The summed E-state index contributed by atoms with van der Waals surface area (Å²) in [6, 6.07) is 16.1. The van der Waals surface area contributed by atoms with E-state index in [1.165, 1.54) is 0 Å². The van der Waals surface area contributed by atoms with Gasteiger partial charge in [-0.1, -0.05) is 62.4 Å². The van der Waals surface area contributed by atoms with Crippen molar-refractivity contribution in [3.05, 3.63) is 65.7 Å². The van der Waals surface area contributed by atoms with E-state index >= 15 is 0 Å². The number of rotatable bonds is 7. The first-order valence-electron chi connectivity index (χ1n) is 7.74. The Hall–Kier alpha value is -2.82. The number of para-hydroxylation sites is 1. The summed E-state index contributed by atoms with van der Waals surface area (Å²) in [5.74, 6) is -0.488. The number of benzene rings is 2. The van der Waals surface area contributed by atoms with Crippen LogP contribution in [0.2, 0.25) is 0 Å². The third kappa shape index (κ3) is 4.59. The van der Waals surface area contributed by atoms with Crippen LogP contribution in [0.5, 0.6) is 5.75 Å². The molecule has 2 N–H and O–H groups in total. The highest BCUT2D eigenvalue weighted by atomic mass is 16.6. The second-order valence-corrected chi connectivity index (χ2v) is 5.66. The van der Waals surface area contributed by atoms with Gasteiger partial charge in [-0.05, 0) is 17.5 Å². The van der Waals surface area contributed by atoms with Crippen molar-refractivity contribution in [2.75, 3.05) is 6.61 Å². The number of amides is 1. The van der Waals surface area contributed by atoms with Gasteiger partial charge in [0.2, 0.25) is 6.10 Å². The number of primary amides is 1. The van der Waals surface area contributed by atoms with Crippen LogP contribution in [0.15, 0.2) is 54.6 Å². The van der Waals surface area contributed by atoms with Crippen molar-refractivity contribution in [3.8, 4) is 5.75 Å². The molecule has 1 amide bonds. The number of esters is 1. The maximum absolute atomic E-state index is 12.0. The molecule has 0 bridgehead atoms. The third-order valence-corrected chi connectivity index (χ3v) is 3.50. The van der Waals surface area contributed by atoms with Crippen LogP contribution < -0.4 is 10.5 Å². The summed E-state index contributed by atoms with van der Waals surface area (Å²) in [4.78, 5) is 23.6. The highest BCUT2D eigenvalue weighted by Crippen LogP contribution is 2.26. The zero-order valence-corrected chi connectivity index (χ0v) is 13.8. The zero-order chi connectivity index (χ0) is 17.5. The molecule has 0 aliphatic rings. The van der Waals surface area contributed by atoms with E-state index in [9.17, 15) is 9.59 Å². The van der Waals surface area contributed by atoms with Gasteiger partial charge in [0.15, 0.2) is 6.61 Å². The molecule has 2 aromatic carbocycles. The molecule has 5 heteroatoms. The molecule has 0 aliphatic heterocycles. The molecule has 0 saturated heterocycles. The standard InChI is InChI=1S/C19H21NO4/c1-13(2)15-10-6-7-11-16(15)23-12-17(21)24-18(19(20)22)14-8-4-3-5-9-14/h3-11,13,18H,12H2,1-2H3,(H2,20,22)/t18-/m0/s1. The maximum Gasteiger partial charge on any atom is 0.345 e. The van der Waals surface area contributed by atoms with Gasteiger partial charge in [-0.15, -0.1) is 0 Å². The summed E-state index contributed by atoms with van der Waals surface area (Å²) in [5, 5.41) is 0. The summed E-state index contributed by atoms with van der Waals surface area (Å²) in [6.45, 7) is 3.79. The van der Waals surface area contributed by atoms with E-state index in [0.717, 1.165) is 5.56 Å². The first kappa shape index (κ1) is 17.5. The Morgan fingerprint density at radius 1 is 1.00 bits per heavy atom. The van der Waals surface area contributed by atoms with Gasteiger partial charge in [-0.2, -0.15) is 0 Å². The van der Waals surface area contributed by atoms with E-state index in [1.54, 1.807) is 36.4 Å². The fraction of sp³-hybridized carbons (Fsp3) is 0.263. The SMILES string of the molecule is CC(C)c1ccccc1OCC(=O)O[C@H](C(N)=O)c1ccccc1. The monoisotopic (exact) mass is 327 g/mol. The van der Waals surface area contributed by atoms with E-state index < -0.39 is 18.0 Å². The largest absolute Gasteiger partial charge is 0.482 e. The molecular weight excluding hydrogens is 306 g/mol.